The molecule has 0 bridgehead atoms. The highest BCUT2D eigenvalue weighted by atomic mass is 15.3. The number of nitrogens with two attached hydrogens (primary N) is 1. The molecule has 0 aromatic carbocycles. The van der Waals surface area contributed by atoms with Crippen molar-refractivity contribution in [1.82, 2.24) is 14.8 Å². The van der Waals surface area contributed by atoms with Gasteiger partial charge in [0, 0.05) is 13.6 Å². The van der Waals surface area contributed by atoms with E-state index in [4.69, 9.17) is 5.73 Å². The Morgan fingerprint density at radius 2 is 2.29 bits per heavy atom. The van der Waals surface area contributed by atoms with Gasteiger partial charge in [0.15, 0.2) is 5.65 Å². The fraction of sp³-hybridized carbons (Fsp3) is 0.333. The summed E-state index contributed by atoms with van der Waals surface area (Å²) in [6.07, 6.45) is 3.43. The second kappa shape index (κ2) is 3.17. The number of nitrogen functional groups attached to an aromatic ring is 1. The van der Waals surface area contributed by atoms with Crippen molar-refractivity contribution in [2.75, 3.05) is 17.6 Å². The summed E-state index contributed by atoms with van der Waals surface area (Å²) in [6, 6.07) is 0. The molecule has 0 aliphatic rings. The van der Waals surface area contributed by atoms with Crippen molar-refractivity contribution < 1.29 is 0 Å². The molecule has 5 nitrogen and oxygen atoms in total. The minimum absolute atomic E-state index is 0.660. The van der Waals surface area contributed by atoms with Crippen molar-refractivity contribution in [1.29, 1.82) is 0 Å². The van der Waals surface area contributed by atoms with E-state index in [1.165, 1.54) is 0 Å². The zero-order chi connectivity index (χ0) is 10.1. The topological polar surface area (TPSA) is 68.8 Å². The van der Waals surface area contributed by atoms with E-state index in [0.29, 0.717) is 5.69 Å². The monoisotopic (exact) mass is 191 g/mol. The molecule has 5 heteroatoms. The number of hydrogen-bond acceptors (Lipinski definition) is 4. The molecule has 0 unspecified atom stereocenters. The number of aromatic nitrogens is 3. The summed E-state index contributed by atoms with van der Waals surface area (Å²) in [6.45, 7) is 2.86. The van der Waals surface area contributed by atoms with Crippen molar-refractivity contribution in [3.05, 3.63) is 12.4 Å². The summed E-state index contributed by atoms with van der Waals surface area (Å²) in [4.78, 5) is 4.22. The van der Waals surface area contributed by atoms with Gasteiger partial charge < -0.3 is 11.1 Å². The van der Waals surface area contributed by atoms with Crippen LogP contribution in [0.3, 0.4) is 0 Å². The number of pyridine rings is 1. The first-order valence-electron chi connectivity index (χ1n) is 4.54. The highest BCUT2D eigenvalue weighted by molar-refractivity contribution is 5.95. The molecule has 2 rings (SSSR count). The fourth-order valence-electron chi connectivity index (χ4n) is 1.49. The Hall–Kier alpha value is -1.78. The van der Waals surface area contributed by atoms with E-state index in [1.807, 2.05) is 14.0 Å². The van der Waals surface area contributed by atoms with Gasteiger partial charge in [-0.05, 0) is 6.92 Å². The molecule has 0 fully saturated rings. The lowest BCUT2D eigenvalue weighted by molar-refractivity contribution is 0.786. The zero-order valence-electron chi connectivity index (χ0n) is 8.28. The molecule has 2 aromatic heterocycles. The normalized spacial score (nSPS) is 10.7. The molecule has 3 N–H and O–H groups in total. The molecule has 0 aliphatic carbocycles. The van der Waals surface area contributed by atoms with Crippen LogP contribution >= 0.6 is 0 Å². The minimum Gasteiger partial charge on any atom is -0.396 e. The van der Waals surface area contributed by atoms with Gasteiger partial charge in [-0.25, -0.2) is 4.98 Å². The average molecular weight is 191 g/mol. The molecule has 2 aromatic rings. The molecular weight excluding hydrogens is 178 g/mol. The van der Waals surface area contributed by atoms with Crippen molar-refractivity contribution in [2.24, 2.45) is 7.05 Å². The van der Waals surface area contributed by atoms with E-state index in [1.54, 1.807) is 17.1 Å². The molecule has 0 atom stereocenters. The van der Waals surface area contributed by atoms with Gasteiger partial charge in [-0.2, -0.15) is 5.10 Å². The van der Waals surface area contributed by atoms with Crippen LogP contribution in [0.4, 0.5) is 11.4 Å². The molecule has 14 heavy (non-hydrogen) atoms. The van der Waals surface area contributed by atoms with Crippen LogP contribution < -0.4 is 11.1 Å². The van der Waals surface area contributed by atoms with Crippen LogP contribution in [0.1, 0.15) is 6.92 Å². The largest absolute Gasteiger partial charge is 0.396 e. The highest BCUT2D eigenvalue weighted by Crippen LogP contribution is 2.26. The van der Waals surface area contributed by atoms with E-state index in [-0.39, 0.29) is 0 Å². The van der Waals surface area contributed by atoms with Gasteiger partial charge in [-0.3, -0.25) is 4.68 Å². The second-order valence-corrected chi connectivity index (χ2v) is 3.12. The SMILES string of the molecule is CCNc1c(N)cnc2c1cnn2C. The number of nitrogens with one attached hydrogen (secondary N) is 1. The summed E-state index contributed by atoms with van der Waals surface area (Å²) >= 11 is 0. The summed E-state index contributed by atoms with van der Waals surface area (Å²) in [5, 5.41) is 8.32. The molecule has 0 radical (unpaired) electrons. The Morgan fingerprint density at radius 1 is 1.50 bits per heavy atom. The van der Waals surface area contributed by atoms with Crippen molar-refractivity contribution in [3.8, 4) is 0 Å². The Balaban J connectivity index is 2.70. The lowest BCUT2D eigenvalue weighted by Crippen LogP contribution is -2.02. The van der Waals surface area contributed by atoms with E-state index in [2.05, 4.69) is 15.4 Å². The van der Waals surface area contributed by atoms with Crippen LogP contribution in [-0.2, 0) is 7.05 Å². The molecule has 0 spiro atoms. The van der Waals surface area contributed by atoms with E-state index >= 15 is 0 Å². The zero-order valence-corrected chi connectivity index (χ0v) is 8.28. The number of anilines is 2. The lowest BCUT2D eigenvalue weighted by atomic mass is 10.2. The second-order valence-electron chi connectivity index (χ2n) is 3.12. The molecule has 0 saturated carbocycles. The molecule has 0 aliphatic heterocycles. The molecule has 0 amide bonds. The Labute approximate surface area is 81.9 Å². The lowest BCUT2D eigenvalue weighted by Gasteiger charge is -2.07. The third kappa shape index (κ3) is 1.17. The van der Waals surface area contributed by atoms with E-state index < -0.39 is 0 Å². The summed E-state index contributed by atoms with van der Waals surface area (Å²) in [5.74, 6) is 0. The molecule has 74 valence electrons. The van der Waals surface area contributed by atoms with Crippen molar-refractivity contribution >= 4 is 22.4 Å². The quantitative estimate of drug-likeness (QED) is 0.742. The Kier molecular flexibility index (Phi) is 1.99. The minimum atomic E-state index is 0.660. The first kappa shape index (κ1) is 8.80. The van der Waals surface area contributed by atoms with Crippen LogP contribution in [0.2, 0.25) is 0 Å². The molecule has 0 saturated heterocycles. The standard InChI is InChI=1S/C9H13N5/c1-3-11-8-6-4-13-14(2)9(6)12-5-7(8)10/h4-5H,3,10H2,1-2H3,(H,11,12). The van der Waals surface area contributed by atoms with Crippen LogP contribution in [0.5, 0.6) is 0 Å². The molecular formula is C9H13N5. The third-order valence-electron chi connectivity index (χ3n) is 2.14. The Morgan fingerprint density at radius 3 is 3.00 bits per heavy atom. The fourth-order valence-corrected chi connectivity index (χ4v) is 1.49. The number of fused-ring (bicyclic) bond motifs is 1. The summed E-state index contributed by atoms with van der Waals surface area (Å²) in [5.41, 5.74) is 8.24. The van der Waals surface area contributed by atoms with Gasteiger partial charge in [0.2, 0.25) is 0 Å². The van der Waals surface area contributed by atoms with Crippen LogP contribution in [-0.4, -0.2) is 21.3 Å². The highest BCUT2D eigenvalue weighted by Gasteiger charge is 2.08. The van der Waals surface area contributed by atoms with Gasteiger partial charge >= 0.3 is 0 Å². The maximum absolute atomic E-state index is 5.82. The summed E-state index contributed by atoms with van der Waals surface area (Å²) < 4.78 is 1.73. The van der Waals surface area contributed by atoms with Crippen LogP contribution in [0, 0.1) is 0 Å². The van der Waals surface area contributed by atoms with Crippen molar-refractivity contribution in [2.45, 2.75) is 6.92 Å². The first-order chi connectivity index (χ1) is 6.74. The van der Waals surface area contributed by atoms with Gasteiger partial charge in [0.25, 0.3) is 0 Å². The Bertz CT molecular complexity index is 459. The smallest absolute Gasteiger partial charge is 0.159 e. The van der Waals surface area contributed by atoms with E-state index in [9.17, 15) is 0 Å². The number of rotatable bonds is 2. The van der Waals surface area contributed by atoms with Gasteiger partial charge in [0.05, 0.1) is 29.2 Å². The maximum Gasteiger partial charge on any atom is 0.159 e. The maximum atomic E-state index is 5.82. The predicted molar refractivity (Wildman–Crippen MR) is 57.1 cm³/mol. The average Bonchev–Trinajstić information content (AvgIpc) is 2.53. The first-order valence-corrected chi connectivity index (χ1v) is 4.54. The predicted octanol–water partition coefficient (Wildman–Crippen LogP) is 0.982. The molecule has 2 heterocycles. The van der Waals surface area contributed by atoms with Gasteiger partial charge in [0.1, 0.15) is 0 Å². The third-order valence-corrected chi connectivity index (χ3v) is 2.14. The van der Waals surface area contributed by atoms with E-state index in [0.717, 1.165) is 23.3 Å². The van der Waals surface area contributed by atoms with Crippen LogP contribution in [0.25, 0.3) is 11.0 Å². The van der Waals surface area contributed by atoms with Crippen molar-refractivity contribution in [3.63, 3.8) is 0 Å². The number of hydrogen-bond donors (Lipinski definition) is 2. The van der Waals surface area contributed by atoms with Gasteiger partial charge in [-0.1, -0.05) is 0 Å². The van der Waals surface area contributed by atoms with Gasteiger partial charge in [-0.15, -0.1) is 0 Å². The summed E-state index contributed by atoms with van der Waals surface area (Å²) in [7, 11) is 1.86. The number of nitrogens with zero attached hydrogens (tertiary/aromatic N) is 3. The number of aryl methyl sites for hydroxylation is 1. The van der Waals surface area contributed by atoms with Crippen LogP contribution in [0.15, 0.2) is 12.4 Å².